The third kappa shape index (κ3) is 4.43. The van der Waals surface area contributed by atoms with Crippen LogP contribution in [-0.4, -0.2) is 36.1 Å². The number of hydrogen-bond donors (Lipinski definition) is 0. The van der Waals surface area contributed by atoms with Crippen LogP contribution in [0.2, 0.25) is 0 Å². The standard InChI is InChI=1S/C20H29NO3/c1-2-23-18-10-5-6-11-19(18)24-15-7-12-20(22)21(17-13-14-17)16-8-3-4-9-16/h5-6,10-11,16-17H,2-4,7-9,12-15H2,1H3. The molecular formula is C20H29NO3. The Morgan fingerprint density at radius 1 is 1.04 bits per heavy atom. The van der Waals surface area contributed by atoms with Gasteiger partial charge in [-0.2, -0.15) is 0 Å². The lowest BCUT2D eigenvalue weighted by Crippen LogP contribution is -2.40. The molecule has 0 spiro atoms. The fraction of sp³-hybridized carbons (Fsp3) is 0.650. The Hall–Kier alpha value is -1.71. The maximum atomic E-state index is 12.6. The first-order chi connectivity index (χ1) is 11.8. The zero-order chi connectivity index (χ0) is 16.8. The zero-order valence-corrected chi connectivity index (χ0v) is 14.7. The zero-order valence-electron chi connectivity index (χ0n) is 14.7. The van der Waals surface area contributed by atoms with E-state index >= 15 is 0 Å². The van der Waals surface area contributed by atoms with E-state index in [-0.39, 0.29) is 0 Å². The highest BCUT2D eigenvalue weighted by Crippen LogP contribution is 2.35. The van der Waals surface area contributed by atoms with Gasteiger partial charge < -0.3 is 14.4 Å². The summed E-state index contributed by atoms with van der Waals surface area (Å²) in [5.41, 5.74) is 0. The van der Waals surface area contributed by atoms with Crippen LogP contribution in [0.5, 0.6) is 11.5 Å². The molecule has 0 N–H and O–H groups in total. The van der Waals surface area contributed by atoms with Crippen LogP contribution in [0.3, 0.4) is 0 Å². The van der Waals surface area contributed by atoms with E-state index in [1.165, 1.54) is 38.5 Å². The summed E-state index contributed by atoms with van der Waals surface area (Å²) in [6, 6.07) is 8.75. The molecule has 0 saturated heterocycles. The Labute approximate surface area is 145 Å². The van der Waals surface area contributed by atoms with Crippen molar-refractivity contribution in [1.82, 2.24) is 4.90 Å². The molecule has 1 aromatic carbocycles. The molecular weight excluding hydrogens is 302 g/mol. The highest BCUT2D eigenvalue weighted by molar-refractivity contribution is 5.77. The molecule has 2 fully saturated rings. The Balaban J connectivity index is 1.45. The lowest BCUT2D eigenvalue weighted by Gasteiger charge is -2.29. The summed E-state index contributed by atoms with van der Waals surface area (Å²) in [6.07, 6.45) is 8.68. The first-order valence-corrected chi connectivity index (χ1v) is 9.45. The van der Waals surface area contributed by atoms with Gasteiger partial charge >= 0.3 is 0 Å². The normalized spacial score (nSPS) is 17.7. The second kappa shape index (κ2) is 8.41. The van der Waals surface area contributed by atoms with E-state index in [4.69, 9.17) is 9.47 Å². The van der Waals surface area contributed by atoms with Crippen molar-refractivity contribution < 1.29 is 14.3 Å². The first kappa shape index (κ1) is 17.1. The largest absolute Gasteiger partial charge is 0.490 e. The number of ether oxygens (including phenoxy) is 2. The van der Waals surface area contributed by atoms with Crippen molar-refractivity contribution in [2.24, 2.45) is 0 Å². The molecule has 132 valence electrons. The monoisotopic (exact) mass is 331 g/mol. The van der Waals surface area contributed by atoms with E-state index in [1.54, 1.807) is 0 Å². The van der Waals surface area contributed by atoms with Crippen molar-refractivity contribution >= 4 is 5.91 Å². The van der Waals surface area contributed by atoms with Gasteiger partial charge in [-0.15, -0.1) is 0 Å². The van der Waals surface area contributed by atoms with Crippen LogP contribution in [0, 0.1) is 0 Å². The van der Waals surface area contributed by atoms with E-state index < -0.39 is 0 Å². The number of hydrogen-bond acceptors (Lipinski definition) is 3. The minimum absolute atomic E-state index is 0.325. The summed E-state index contributed by atoms with van der Waals surface area (Å²) in [7, 11) is 0. The van der Waals surface area contributed by atoms with E-state index in [9.17, 15) is 4.79 Å². The van der Waals surface area contributed by atoms with Gasteiger partial charge in [-0.05, 0) is 51.2 Å². The lowest BCUT2D eigenvalue weighted by molar-refractivity contribution is -0.134. The number of nitrogens with zero attached hydrogens (tertiary/aromatic N) is 1. The molecule has 2 aliphatic rings. The molecule has 0 aliphatic heterocycles. The SMILES string of the molecule is CCOc1ccccc1OCCCC(=O)N(C1CCCC1)C1CC1. The van der Waals surface area contributed by atoms with E-state index in [2.05, 4.69) is 4.90 Å². The van der Waals surface area contributed by atoms with Crippen molar-refractivity contribution in [3.8, 4) is 11.5 Å². The Bertz CT molecular complexity index is 535. The Kier molecular flexibility index (Phi) is 6.00. The number of carbonyl (C=O) groups is 1. The fourth-order valence-corrected chi connectivity index (χ4v) is 3.62. The van der Waals surface area contributed by atoms with Crippen LogP contribution in [0.4, 0.5) is 0 Å². The average Bonchev–Trinajstić information content (AvgIpc) is 3.27. The molecule has 0 radical (unpaired) electrons. The molecule has 3 rings (SSSR count). The van der Waals surface area contributed by atoms with E-state index in [0.29, 0.717) is 37.6 Å². The fourth-order valence-electron chi connectivity index (χ4n) is 3.62. The molecule has 0 heterocycles. The summed E-state index contributed by atoms with van der Waals surface area (Å²) in [6.45, 7) is 3.14. The molecule has 1 aromatic rings. The number of carbonyl (C=O) groups excluding carboxylic acids is 1. The molecule has 0 bridgehead atoms. The van der Waals surface area contributed by atoms with E-state index in [1.807, 2.05) is 31.2 Å². The predicted octanol–water partition coefficient (Wildman–Crippen LogP) is 4.18. The summed E-state index contributed by atoms with van der Waals surface area (Å²) >= 11 is 0. The summed E-state index contributed by atoms with van der Waals surface area (Å²) < 4.78 is 11.4. The topological polar surface area (TPSA) is 38.8 Å². The molecule has 1 amide bonds. The van der Waals surface area contributed by atoms with Gasteiger partial charge in [0, 0.05) is 18.5 Å². The van der Waals surface area contributed by atoms with Gasteiger partial charge in [0.1, 0.15) is 0 Å². The number of para-hydroxylation sites is 2. The minimum atomic E-state index is 0.325. The van der Waals surface area contributed by atoms with Gasteiger partial charge in [0.05, 0.1) is 13.2 Å². The summed E-state index contributed by atoms with van der Waals surface area (Å²) in [5.74, 6) is 1.87. The van der Waals surface area contributed by atoms with Gasteiger partial charge in [0.2, 0.25) is 5.91 Å². The van der Waals surface area contributed by atoms with Gasteiger partial charge in [-0.25, -0.2) is 0 Å². The van der Waals surface area contributed by atoms with Gasteiger partial charge in [-0.3, -0.25) is 4.79 Å². The van der Waals surface area contributed by atoms with Crippen LogP contribution in [0.15, 0.2) is 24.3 Å². The maximum Gasteiger partial charge on any atom is 0.223 e. The Morgan fingerprint density at radius 2 is 1.67 bits per heavy atom. The maximum absolute atomic E-state index is 12.6. The van der Waals surface area contributed by atoms with Gasteiger partial charge in [0.15, 0.2) is 11.5 Å². The average molecular weight is 331 g/mol. The van der Waals surface area contributed by atoms with E-state index in [0.717, 1.165) is 17.9 Å². The number of rotatable bonds is 9. The number of benzene rings is 1. The molecule has 4 heteroatoms. The van der Waals surface area contributed by atoms with Crippen molar-refractivity contribution in [3.63, 3.8) is 0 Å². The summed E-state index contributed by atoms with van der Waals surface area (Å²) in [4.78, 5) is 14.8. The van der Waals surface area contributed by atoms with Crippen LogP contribution in [0.1, 0.15) is 58.3 Å². The van der Waals surface area contributed by atoms with Crippen molar-refractivity contribution in [3.05, 3.63) is 24.3 Å². The van der Waals surface area contributed by atoms with Crippen LogP contribution >= 0.6 is 0 Å². The first-order valence-electron chi connectivity index (χ1n) is 9.45. The number of amides is 1. The lowest BCUT2D eigenvalue weighted by atomic mass is 10.1. The molecule has 4 nitrogen and oxygen atoms in total. The predicted molar refractivity (Wildman–Crippen MR) is 94.5 cm³/mol. The van der Waals surface area contributed by atoms with Crippen LogP contribution < -0.4 is 9.47 Å². The Morgan fingerprint density at radius 3 is 2.29 bits per heavy atom. The highest BCUT2D eigenvalue weighted by Gasteiger charge is 2.37. The molecule has 2 saturated carbocycles. The molecule has 0 atom stereocenters. The highest BCUT2D eigenvalue weighted by atomic mass is 16.5. The van der Waals surface area contributed by atoms with Crippen LogP contribution in [0.25, 0.3) is 0 Å². The molecule has 24 heavy (non-hydrogen) atoms. The quantitative estimate of drug-likeness (QED) is 0.637. The molecule has 0 aromatic heterocycles. The van der Waals surface area contributed by atoms with Crippen LogP contribution in [-0.2, 0) is 4.79 Å². The molecule has 2 aliphatic carbocycles. The second-order valence-electron chi connectivity index (χ2n) is 6.80. The van der Waals surface area contributed by atoms with Crippen molar-refractivity contribution in [2.75, 3.05) is 13.2 Å². The third-order valence-electron chi connectivity index (χ3n) is 4.89. The van der Waals surface area contributed by atoms with Crippen molar-refractivity contribution in [1.29, 1.82) is 0 Å². The third-order valence-corrected chi connectivity index (χ3v) is 4.89. The van der Waals surface area contributed by atoms with Gasteiger partial charge in [-0.1, -0.05) is 25.0 Å². The second-order valence-corrected chi connectivity index (χ2v) is 6.80. The molecule has 0 unspecified atom stereocenters. The summed E-state index contributed by atoms with van der Waals surface area (Å²) in [5, 5.41) is 0. The minimum Gasteiger partial charge on any atom is -0.490 e. The smallest absolute Gasteiger partial charge is 0.223 e. The van der Waals surface area contributed by atoms with Gasteiger partial charge in [0.25, 0.3) is 0 Å². The van der Waals surface area contributed by atoms with Crippen molar-refractivity contribution in [2.45, 2.75) is 70.4 Å².